The molecule has 3 nitrogen and oxygen atoms in total. The Bertz CT molecular complexity index is 677. The predicted octanol–water partition coefficient (Wildman–Crippen LogP) is 2.69. The second-order valence-electron chi connectivity index (χ2n) is 5.28. The smallest absolute Gasteiger partial charge is 0.272 e. The summed E-state index contributed by atoms with van der Waals surface area (Å²) in [4.78, 5) is 18.9. The molecular formula is C18H18N2O. The topological polar surface area (TPSA) is 32.7 Å². The van der Waals surface area contributed by atoms with Gasteiger partial charge in [-0.05, 0) is 17.5 Å². The van der Waals surface area contributed by atoms with Crippen LogP contribution in [-0.2, 0) is 17.8 Å². The fourth-order valence-corrected chi connectivity index (χ4v) is 2.56. The number of rotatable bonds is 2. The van der Waals surface area contributed by atoms with E-state index in [1.807, 2.05) is 55.6 Å². The van der Waals surface area contributed by atoms with Gasteiger partial charge < -0.3 is 4.90 Å². The summed E-state index contributed by atoms with van der Waals surface area (Å²) in [5, 5.41) is 0. The monoisotopic (exact) mass is 278 g/mol. The predicted molar refractivity (Wildman–Crippen MR) is 84.5 cm³/mol. The van der Waals surface area contributed by atoms with Gasteiger partial charge in [-0.2, -0.15) is 0 Å². The van der Waals surface area contributed by atoms with Crippen molar-refractivity contribution in [2.75, 3.05) is 13.6 Å². The Hall–Kier alpha value is -2.42. The number of nitrogens with zero attached hydrogens (tertiary/aromatic N) is 2. The third-order valence-electron chi connectivity index (χ3n) is 3.80. The van der Waals surface area contributed by atoms with Gasteiger partial charge in [-0.25, -0.2) is 0 Å². The number of carbonyl (C=O) groups is 1. The first kappa shape index (κ1) is 13.6. The van der Waals surface area contributed by atoms with Crippen LogP contribution in [0.3, 0.4) is 0 Å². The lowest BCUT2D eigenvalue weighted by molar-refractivity contribution is -0.122. The number of hydrogen-bond acceptors (Lipinski definition) is 2. The molecule has 1 amide bonds. The van der Waals surface area contributed by atoms with E-state index in [-0.39, 0.29) is 5.91 Å². The van der Waals surface area contributed by atoms with Crippen LogP contribution >= 0.6 is 0 Å². The van der Waals surface area contributed by atoms with E-state index < -0.39 is 0 Å². The van der Waals surface area contributed by atoms with E-state index in [0.29, 0.717) is 12.3 Å². The summed E-state index contributed by atoms with van der Waals surface area (Å²) in [7, 11) is 1.84. The van der Waals surface area contributed by atoms with E-state index in [0.717, 1.165) is 24.1 Å². The van der Waals surface area contributed by atoms with Gasteiger partial charge >= 0.3 is 0 Å². The third-order valence-corrected chi connectivity index (χ3v) is 3.80. The van der Waals surface area contributed by atoms with E-state index in [1.54, 1.807) is 4.90 Å². The number of fused-ring (bicyclic) bond motifs is 1. The molecule has 3 rings (SSSR count). The number of amides is 1. The second kappa shape index (κ2) is 5.92. The fourth-order valence-electron chi connectivity index (χ4n) is 2.56. The highest BCUT2D eigenvalue weighted by Crippen LogP contribution is 2.17. The van der Waals surface area contributed by atoms with Gasteiger partial charge in [0.15, 0.2) is 0 Å². The molecule has 0 atom stereocenters. The van der Waals surface area contributed by atoms with Crippen molar-refractivity contribution in [1.82, 2.24) is 4.90 Å². The molecule has 0 aliphatic carbocycles. The zero-order valence-electron chi connectivity index (χ0n) is 12.1. The summed E-state index contributed by atoms with van der Waals surface area (Å²) in [6.45, 7) is 1.27. The summed E-state index contributed by atoms with van der Waals surface area (Å²) < 4.78 is 0. The SMILES string of the molecule is CN1CCc2ccccc2C(=NCc2ccccc2)C1=O. The molecule has 1 heterocycles. The zero-order chi connectivity index (χ0) is 14.7. The van der Waals surface area contributed by atoms with Crippen LogP contribution in [0.5, 0.6) is 0 Å². The van der Waals surface area contributed by atoms with Crippen LogP contribution < -0.4 is 0 Å². The second-order valence-corrected chi connectivity index (χ2v) is 5.28. The van der Waals surface area contributed by atoms with Crippen LogP contribution in [-0.4, -0.2) is 30.1 Å². The van der Waals surface area contributed by atoms with E-state index in [1.165, 1.54) is 5.56 Å². The highest BCUT2D eigenvalue weighted by Gasteiger charge is 2.24. The maximum Gasteiger partial charge on any atom is 0.272 e. The normalized spacial score (nSPS) is 16.7. The number of aliphatic imine (C=N–C) groups is 1. The van der Waals surface area contributed by atoms with E-state index >= 15 is 0 Å². The van der Waals surface area contributed by atoms with Crippen LogP contribution in [0.1, 0.15) is 16.7 Å². The van der Waals surface area contributed by atoms with Gasteiger partial charge in [0.25, 0.3) is 5.91 Å². The van der Waals surface area contributed by atoms with Crippen molar-refractivity contribution in [2.45, 2.75) is 13.0 Å². The van der Waals surface area contributed by atoms with Gasteiger partial charge in [0, 0.05) is 19.2 Å². The van der Waals surface area contributed by atoms with Crippen LogP contribution in [0, 0.1) is 0 Å². The van der Waals surface area contributed by atoms with Gasteiger partial charge in [0.2, 0.25) is 0 Å². The van der Waals surface area contributed by atoms with Crippen molar-refractivity contribution in [1.29, 1.82) is 0 Å². The Kier molecular flexibility index (Phi) is 3.82. The van der Waals surface area contributed by atoms with Crippen molar-refractivity contribution >= 4 is 11.6 Å². The number of benzene rings is 2. The first-order valence-electron chi connectivity index (χ1n) is 7.18. The average molecular weight is 278 g/mol. The van der Waals surface area contributed by atoms with E-state index in [9.17, 15) is 4.79 Å². The minimum Gasteiger partial charge on any atom is -0.340 e. The minimum atomic E-state index is 0.0101. The molecule has 106 valence electrons. The Morgan fingerprint density at radius 3 is 2.57 bits per heavy atom. The quantitative estimate of drug-likeness (QED) is 0.831. The molecule has 2 aromatic carbocycles. The Morgan fingerprint density at radius 2 is 1.76 bits per heavy atom. The molecule has 0 saturated heterocycles. The first-order valence-corrected chi connectivity index (χ1v) is 7.18. The fraction of sp³-hybridized carbons (Fsp3) is 0.222. The molecule has 0 unspecified atom stereocenters. The highest BCUT2D eigenvalue weighted by atomic mass is 16.2. The maximum atomic E-state index is 12.5. The van der Waals surface area contributed by atoms with Gasteiger partial charge in [-0.15, -0.1) is 0 Å². The molecule has 21 heavy (non-hydrogen) atoms. The molecule has 0 aromatic heterocycles. The Balaban J connectivity index is 1.99. The van der Waals surface area contributed by atoms with Gasteiger partial charge in [0.1, 0.15) is 5.71 Å². The number of carbonyl (C=O) groups excluding carboxylic acids is 1. The molecule has 3 heteroatoms. The first-order chi connectivity index (χ1) is 10.3. The molecule has 0 bridgehead atoms. The maximum absolute atomic E-state index is 12.5. The summed E-state index contributed by atoms with van der Waals surface area (Å²) in [6.07, 6.45) is 0.878. The minimum absolute atomic E-state index is 0.0101. The molecule has 1 aliphatic heterocycles. The van der Waals surface area contributed by atoms with E-state index in [4.69, 9.17) is 0 Å². The lowest BCUT2D eigenvalue weighted by atomic mass is 10.0. The van der Waals surface area contributed by atoms with Crippen molar-refractivity contribution in [3.8, 4) is 0 Å². The van der Waals surface area contributed by atoms with Crippen molar-refractivity contribution in [2.24, 2.45) is 4.99 Å². The number of hydrogen-bond donors (Lipinski definition) is 0. The summed E-state index contributed by atoms with van der Waals surface area (Å²) in [5.74, 6) is 0.0101. The molecule has 2 aromatic rings. The van der Waals surface area contributed by atoms with Crippen LogP contribution in [0.2, 0.25) is 0 Å². The lowest BCUT2D eigenvalue weighted by Gasteiger charge is -2.14. The molecule has 0 N–H and O–H groups in total. The number of likely N-dealkylation sites (N-methyl/N-ethyl adjacent to an activating group) is 1. The molecule has 0 saturated carbocycles. The average Bonchev–Trinajstić information content (AvgIpc) is 2.65. The van der Waals surface area contributed by atoms with E-state index in [2.05, 4.69) is 11.1 Å². The van der Waals surface area contributed by atoms with Crippen LogP contribution in [0.25, 0.3) is 0 Å². The molecule has 0 spiro atoms. The molecular weight excluding hydrogens is 260 g/mol. The van der Waals surface area contributed by atoms with Gasteiger partial charge in [-0.1, -0.05) is 54.6 Å². The lowest BCUT2D eigenvalue weighted by Crippen LogP contribution is -2.32. The van der Waals surface area contributed by atoms with Crippen molar-refractivity contribution < 1.29 is 4.79 Å². The van der Waals surface area contributed by atoms with Gasteiger partial charge in [0.05, 0.1) is 6.54 Å². The third kappa shape index (κ3) is 2.87. The highest BCUT2D eigenvalue weighted by molar-refractivity contribution is 6.45. The largest absolute Gasteiger partial charge is 0.340 e. The standard InChI is InChI=1S/C18H18N2O/c1-20-12-11-15-9-5-6-10-16(15)17(18(20)21)19-13-14-7-3-2-4-8-14/h2-10H,11-13H2,1H3. The van der Waals surface area contributed by atoms with Crippen molar-refractivity contribution in [3.05, 3.63) is 71.3 Å². The Morgan fingerprint density at radius 1 is 1.05 bits per heavy atom. The molecule has 0 fully saturated rings. The summed E-state index contributed by atoms with van der Waals surface area (Å²) in [5.41, 5.74) is 3.86. The summed E-state index contributed by atoms with van der Waals surface area (Å²) in [6, 6.07) is 18.1. The molecule has 0 radical (unpaired) electrons. The zero-order valence-corrected chi connectivity index (χ0v) is 12.1. The van der Waals surface area contributed by atoms with Gasteiger partial charge in [-0.3, -0.25) is 9.79 Å². The van der Waals surface area contributed by atoms with Crippen LogP contribution in [0.4, 0.5) is 0 Å². The summed E-state index contributed by atoms with van der Waals surface area (Å²) >= 11 is 0. The van der Waals surface area contributed by atoms with Crippen molar-refractivity contribution in [3.63, 3.8) is 0 Å². The van der Waals surface area contributed by atoms with Crippen LogP contribution in [0.15, 0.2) is 59.6 Å². The molecule has 1 aliphatic rings. The Labute approximate surface area is 124 Å².